The molecule has 3 rings (SSSR count). The van der Waals surface area contributed by atoms with Crippen molar-refractivity contribution in [3.63, 3.8) is 0 Å². The maximum absolute atomic E-state index is 6.05. The molecule has 0 N–H and O–H groups in total. The van der Waals surface area contributed by atoms with E-state index in [-0.39, 0.29) is 0 Å². The van der Waals surface area contributed by atoms with Crippen molar-refractivity contribution in [1.82, 2.24) is 14.5 Å². The fourth-order valence-corrected chi connectivity index (χ4v) is 2.97. The Morgan fingerprint density at radius 1 is 1.40 bits per heavy atom. The molecule has 0 saturated heterocycles. The predicted molar refractivity (Wildman–Crippen MR) is 84.8 cm³/mol. The number of likely N-dealkylation sites (N-methyl/N-ethyl adjacent to an activating group) is 1. The number of fused-ring (bicyclic) bond motifs is 1. The standard InChI is InChI=1S/C15H19Cl2N3/c1-19(12-3-4-12)8-9-20-14-5-2-11(17)10-13(14)18-15(20)6-7-16/h2,5,10,12H,3-4,6-9H2,1H3. The molecule has 1 heterocycles. The van der Waals surface area contributed by atoms with Crippen LogP contribution in [0.1, 0.15) is 18.7 Å². The number of hydrogen-bond acceptors (Lipinski definition) is 2. The van der Waals surface area contributed by atoms with Gasteiger partial charge in [-0.25, -0.2) is 4.98 Å². The second-order valence-corrected chi connectivity index (χ2v) is 6.28. The van der Waals surface area contributed by atoms with Crippen LogP contribution in [-0.2, 0) is 13.0 Å². The van der Waals surface area contributed by atoms with E-state index in [9.17, 15) is 0 Å². The fourth-order valence-electron chi connectivity index (χ4n) is 2.63. The second-order valence-electron chi connectivity index (χ2n) is 5.46. The molecule has 0 aliphatic heterocycles. The minimum atomic E-state index is 0.593. The number of aryl methyl sites for hydroxylation is 1. The summed E-state index contributed by atoms with van der Waals surface area (Å²) in [5.41, 5.74) is 2.12. The van der Waals surface area contributed by atoms with Gasteiger partial charge in [0.05, 0.1) is 11.0 Å². The molecule has 3 nitrogen and oxygen atoms in total. The van der Waals surface area contributed by atoms with Gasteiger partial charge in [0.1, 0.15) is 5.82 Å². The van der Waals surface area contributed by atoms with Gasteiger partial charge in [-0.1, -0.05) is 11.6 Å². The van der Waals surface area contributed by atoms with E-state index in [2.05, 4.69) is 27.6 Å². The molecular formula is C15H19Cl2N3. The van der Waals surface area contributed by atoms with Gasteiger partial charge in [-0.3, -0.25) is 0 Å². The van der Waals surface area contributed by atoms with Crippen LogP contribution in [0.3, 0.4) is 0 Å². The van der Waals surface area contributed by atoms with Gasteiger partial charge in [0.2, 0.25) is 0 Å². The summed E-state index contributed by atoms with van der Waals surface area (Å²) in [7, 11) is 2.20. The highest BCUT2D eigenvalue weighted by atomic mass is 35.5. The van der Waals surface area contributed by atoms with Crippen molar-refractivity contribution in [2.45, 2.75) is 31.8 Å². The third-order valence-corrected chi connectivity index (χ3v) is 4.38. The zero-order valence-electron chi connectivity index (χ0n) is 11.6. The number of nitrogens with zero attached hydrogens (tertiary/aromatic N) is 3. The Labute approximate surface area is 129 Å². The summed E-state index contributed by atoms with van der Waals surface area (Å²) in [6, 6.07) is 6.70. The number of rotatable bonds is 6. The second kappa shape index (κ2) is 5.92. The van der Waals surface area contributed by atoms with Crippen molar-refractivity contribution in [2.24, 2.45) is 0 Å². The topological polar surface area (TPSA) is 21.1 Å². The fraction of sp³-hybridized carbons (Fsp3) is 0.533. The molecule has 5 heteroatoms. The molecule has 20 heavy (non-hydrogen) atoms. The number of hydrogen-bond donors (Lipinski definition) is 0. The zero-order chi connectivity index (χ0) is 14.1. The zero-order valence-corrected chi connectivity index (χ0v) is 13.2. The lowest BCUT2D eigenvalue weighted by atomic mass is 10.3. The van der Waals surface area contributed by atoms with Crippen molar-refractivity contribution in [2.75, 3.05) is 19.5 Å². The number of benzene rings is 1. The van der Waals surface area contributed by atoms with Crippen LogP contribution in [0.4, 0.5) is 0 Å². The quantitative estimate of drug-likeness (QED) is 0.761. The summed E-state index contributed by atoms with van der Waals surface area (Å²) in [6.07, 6.45) is 3.47. The predicted octanol–water partition coefficient (Wildman–Crippen LogP) is 3.57. The van der Waals surface area contributed by atoms with Crippen LogP contribution in [0.25, 0.3) is 11.0 Å². The molecule has 108 valence electrons. The average Bonchev–Trinajstić information content (AvgIpc) is 3.20. The van der Waals surface area contributed by atoms with E-state index in [1.165, 1.54) is 12.8 Å². The van der Waals surface area contributed by atoms with Crippen LogP contribution in [0.5, 0.6) is 0 Å². The van der Waals surface area contributed by atoms with E-state index in [0.29, 0.717) is 5.88 Å². The molecular weight excluding hydrogens is 293 g/mol. The van der Waals surface area contributed by atoms with Gasteiger partial charge in [-0.05, 0) is 38.1 Å². The molecule has 0 radical (unpaired) electrons. The normalized spacial score (nSPS) is 15.4. The molecule has 1 aliphatic carbocycles. The van der Waals surface area contributed by atoms with E-state index >= 15 is 0 Å². The summed E-state index contributed by atoms with van der Waals surface area (Å²) in [5.74, 6) is 1.65. The third kappa shape index (κ3) is 2.95. The summed E-state index contributed by atoms with van der Waals surface area (Å²) in [4.78, 5) is 7.11. The molecule has 1 aliphatic rings. The van der Waals surface area contributed by atoms with Crippen LogP contribution >= 0.6 is 23.2 Å². The van der Waals surface area contributed by atoms with Gasteiger partial charge in [-0.2, -0.15) is 0 Å². The molecule has 1 fully saturated rings. The van der Waals surface area contributed by atoms with E-state index in [1.54, 1.807) is 0 Å². The maximum Gasteiger partial charge on any atom is 0.111 e. The highest BCUT2D eigenvalue weighted by Gasteiger charge is 2.25. The van der Waals surface area contributed by atoms with Gasteiger partial charge in [0, 0.05) is 36.5 Å². The first-order chi connectivity index (χ1) is 9.69. The van der Waals surface area contributed by atoms with Crippen molar-refractivity contribution < 1.29 is 0 Å². The van der Waals surface area contributed by atoms with E-state index in [1.807, 2.05) is 12.1 Å². The molecule has 0 amide bonds. The number of aromatic nitrogens is 2. The molecule has 1 saturated carbocycles. The summed E-state index contributed by atoms with van der Waals surface area (Å²) in [5, 5.41) is 0.731. The lowest BCUT2D eigenvalue weighted by Gasteiger charge is -2.17. The molecule has 0 bridgehead atoms. The summed E-state index contributed by atoms with van der Waals surface area (Å²) < 4.78 is 2.28. The number of halogens is 2. The largest absolute Gasteiger partial charge is 0.327 e. The third-order valence-electron chi connectivity index (χ3n) is 3.95. The SMILES string of the molecule is CN(CCn1c(CCCl)nc2cc(Cl)ccc21)C1CC1. The number of imidazole rings is 1. The van der Waals surface area contributed by atoms with Crippen LogP contribution in [0.2, 0.25) is 5.02 Å². The molecule has 1 aromatic carbocycles. The van der Waals surface area contributed by atoms with Gasteiger partial charge in [-0.15, -0.1) is 11.6 Å². The Balaban J connectivity index is 1.87. The highest BCUT2D eigenvalue weighted by molar-refractivity contribution is 6.31. The first kappa shape index (κ1) is 14.2. The van der Waals surface area contributed by atoms with E-state index in [4.69, 9.17) is 23.2 Å². The highest BCUT2D eigenvalue weighted by Crippen LogP contribution is 2.26. The first-order valence-electron chi connectivity index (χ1n) is 7.10. The monoisotopic (exact) mass is 311 g/mol. The summed E-state index contributed by atoms with van der Waals surface area (Å²) in [6.45, 7) is 2.01. The van der Waals surface area contributed by atoms with Crippen LogP contribution in [-0.4, -0.2) is 40.0 Å². The number of alkyl halides is 1. The summed E-state index contributed by atoms with van der Waals surface area (Å²) >= 11 is 12.0. The Morgan fingerprint density at radius 2 is 2.20 bits per heavy atom. The van der Waals surface area contributed by atoms with Crippen molar-refractivity contribution in [3.8, 4) is 0 Å². The van der Waals surface area contributed by atoms with Gasteiger partial charge < -0.3 is 9.47 Å². The van der Waals surface area contributed by atoms with Gasteiger partial charge in [0.25, 0.3) is 0 Å². The molecule has 0 atom stereocenters. The molecule has 0 spiro atoms. The van der Waals surface area contributed by atoms with E-state index in [0.717, 1.165) is 47.4 Å². The Bertz CT molecular complexity index is 604. The van der Waals surface area contributed by atoms with Gasteiger partial charge in [0.15, 0.2) is 0 Å². The minimum absolute atomic E-state index is 0.593. The van der Waals surface area contributed by atoms with Crippen LogP contribution < -0.4 is 0 Å². The van der Waals surface area contributed by atoms with E-state index < -0.39 is 0 Å². The van der Waals surface area contributed by atoms with Gasteiger partial charge >= 0.3 is 0 Å². The maximum atomic E-state index is 6.05. The minimum Gasteiger partial charge on any atom is -0.327 e. The Hall–Kier alpha value is -0.770. The lowest BCUT2D eigenvalue weighted by Crippen LogP contribution is -2.25. The molecule has 0 unspecified atom stereocenters. The van der Waals surface area contributed by atoms with Crippen molar-refractivity contribution in [3.05, 3.63) is 29.0 Å². The average molecular weight is 312 g/mol. The lowest BCUT2D eigenvalue weighted by molar-refractivity contribution is 0.309. The van der Waals surface area contributed by atoms with Crippen molar-refractivity contribution >= 4 is 34.2 Å². The Kier molecular flexibility index (Phi) is 4.20. The first-order valence-corrected chi connectivity index (χ1v) is 8.01. The van der Waals surface area contributed by atoms with Crippen molar-refractivity contribution in [1.29, 1.82) is 0 Å². The van der Waals surface area contributed by atoms with Crippen LogP contribution in [0, 0.1) is 0 Å². The molecule has 1 aromatic heterocycles. The smallest absolute Gasteiger partial charge is 0.111 e. The van der Waals surface area contributed by atoms with Crippen LogP contribution in [0.15, 0.2) is 18.2 Å². The Morgan fingerprint density at radius 3 is 2.90 bits per heavy atom. The molecule has 2 aromatic rings.